The van der Waals surface area contributed by atoms with Crippen molar-refractivity contribution in [2.75, 3.05) is 25.7 Å². The molecule has 1 atom stereocenters. The SMILES string of the molecule is COc1ccc(CCN2C(=O)c3oc4cc(C)c(C)cc4c(=O)c3C23C(=O)N(Cc2ccc(C)cc2)c2ccccc23)cc1OC. The molecule has 46 heavy (non-hydrogen) atoms. The van der Waals surface area contributed by atoms with Gasteiger partial charge in [0, 0.05) is 12.1 Å². The minimum absolute atomic E-state index is 0.0735. The van der Waals surface area contributed by atoms with Crippen LogP contribution in [0.15, 0.2) is 88.1 Å². The molecule has 1 spiro atoms. The van der Waals surface area contributed by atoms with E-state index < -0.39 is 11.4 Å². The Kier molecular flexibility index (Phi) is 6.96. The van der Waals surface area contributed by atoms with Crippen molar-refractivity contribution in [3.8, 4) is 11.5 Å². The van der Waals surface area contributed by atoms with Crippen LogP contribution in [-0.2, 0) is 23.3 Å². The van der Waals surface area contributed by atoms with Crippen molar-refractivity contribution in [3.63, 3.8) is 0 Å². The molecule has 4 aromatic carbocycles. The van der Waals surface area contributed by atoms with E-state index in [9.17, 15) is 9.59 Å². The van der Waals surface area contributed by atoms with Gasteiger partial charge in [0.1, 0.15) is 5.58 Å². The second kappa shape index (κ2) is 10.9. The summed E-state index contributed by atoms with van der Waals surface area (Å²) in [4.78, 5) is 47.4. The molecule has 0 fully saturated rings. The van der Waals surface area contributed by atoms with Gasteiger partial charge >= 0.3 is 0 Å². The van der Waals surface area contributed by atoms with Crippen LogP contribution >= 0.6 is 0 Å². The molecule has 0 bridgehead atoms. The summed E-state index contributed by atoms with van der Waals surface area (Å²) in [6.45, 7) is 6.30. The van der Waals surface area contributed by atoms with Crippen LogP contribution in [0.4, 0.5) is 5.69 Å². The van der Waals surface area contributed by atoms with E-state index >= 15 is 4.79 Å². The van der Waals surface area contributed by atoms with Crippen LogP contribution in [0.3, 0.4) is 0 Å². The van der Waals surface area contributed by atoms with Crippen LogP contribution in [0, 0.1) is 20.8 Å². The van der Waals surface area contributed by atoms with Crippen molar-refractivity contribution in [3.05, 3.63) is 134 Å². The molecule has 0 N–H and O–H groups in total. The Morgan fingerprint density at radius 2 is 1.48 bits per heavy atom. The normalized spacial score (nSPS) is 16.8. The number of hydrogen-bond acceptors (Lipinski definition) is 6. The minimum Gasteiger partial charge on any atom is -0.493 e. The molecule has 7 rings (SSSR count). The van der Waals surface area contributed by atoms with Crippen molar-refractivity contribution in [1.29, 1.82) is 0 Å². The highest BCUT2D eigenvalue weighted by molar-refractivity contribution is 6.17. The number of ether oxygens (including phenoxy) is 2. The maximum Gasteiger partial charge on any atom is 0.291 e. The van der Waals surface area contributed by atoms with Gasteiger partial charge in [-0.15, -0.1) is 0 Å². The van der Waals surface area contributed by atoms with E-state index in [1.807, 2.05) is 87.5 Å². The Balaban J connectivity index is 1.43. The number of anilines is 1. The zero-order valence-electron chi connectivity index (χ0n) is 26.5. The highest BCUT2D eigenvalue weighted by Crippen LogP contribution is 2.53. The fraction of sp³-hybridized carbons (Fsp3) is 0.237. The first-order chi connectivity index (χ1) is 22.2. The smallest absolute Gasteiger partial charge is 0.291 e. The molecule has 232 valence electrons. The van der Waals surface area contributed by atoms with Crippen molar-refractivity contribution >= 4 is 28.5 Å². The van der Waals surface area contributed by atoms with E-state index in [4.69, 9.17) is 13.9 Å². The summed E-state index contributed by atoms with van der Waals surface area (Å²) in [6.07, 6.45) is 0.390. The van der Waals surface area contributed by atoms with Crippen molar-refractivity contribution < 1.29 is 23.5 Å². The average molecular weight is 615 g/mol. The van der Waals surface area contributed by atoms with Gasteiger partial charge in [-0.2, -0.15) is 0 Å². The number of hydrogen-bond donors (Lipinski definition) is 0. The molecule has 8 nitrogen and oxygen atoms in total. The number of fused-ring (bicyclic) bond motifs is 5. The molecular formula is C38H34N2O6. The van der Waals surface area contributed by atoms with Crippen LogP contribution in [0.5, 0.6) is 11.5 Å². The summed E-state index contributed by atoms with van der Waals surface area (Å²) >= 11 is 0. The van der Waals surface area contributed by atoms with Crippen molar-refractivity contribution in [2.24, 2.45) is 0 Å². The Morgan fingerprint density at radius 3 is 2.22 bits per heavy atom. The summed E-state index contributed by atoms with van der Waals surface area (Å²) in [5.41, 5.74) is 4.35. The minimum atomic E-state index is -1.70. The molecule has 5 aromatic rings. The molecule has 2 aliphatic rings. The zero-order valence-corrected chi connectivity index (χ0v) is 26.5. The number of para-hydroxylation sites is 1. The molecular weight excluding hydrogens is 580 g/mol. The molecule has 2 amide bonds. The Morgan fingerprint density at radius 1 is 0.783 bits per heavy atom. The first-order valence-electron chi connectivity index (χ1n) is 15.3. The van der Waals surface area contributed by atoms with E-state index in [2.05, 4.69) is 0 Å². The second-order valence-electron chi connectivity index (χ2n) is 12.1. The molecule has 0 saturated carbocycles. The molecule has 1 aromatic heterocycles. The van der Waals surface area contributed by atoms with Crippen LogP contribution in [0.25, 0.3) is 11.0 Å². The lowest BCUT2D eigenvalue weighted by Gasteiger charge is -2.34. The zero-order chi connectivity index (χ0) is 32.3. The van der Waals surface area contributed by atoms with E-state index in [1.165, 1.54) is 4.90 Å². The number of amides is 2. The molecule has 0 radical (unpaired) electrons. The summed E-state index contributed by atoms with van der Waals surface area (Å²) in [7, 11) is 3.14. The lowest BCUT2D eigenvalue weighted by molar-refractivity contribution is -0.126. The molecule has 3 heterocycles. The largest absolute Gasteiger partial charge is 0.493 e. The number of nitrogens with zero attached hydrogens (tertiary/aromatic N) is 2. The van der Waals surface area contributed by atoms with Gasteiger partial charge in [-0.1, -0.05) is 54.1 Å². The van der Waals surface area contributed by atoms with Crippen molar-refractivity contribution in [2.45, 2.75) is 39.3 Å². The van der Waals surface area contributed by atoms with E-state index in [0.717, 1.165) is 27.8 Å². The van der Waals surface area contributed by atoms with Gasteiger partial charge in [0.15, 0.2) is 22.5 Å². The molecule has 0 aliphatic carbocycles. The number of carbonyl (C=O) groups excluding carboxylic acids is 2. The third-order valence-corrected chi connectivity index (χ3v) is 9.39. The predicted molar refractivity (Wildman–Crippen MR) is 176 cm³/mol. The van der Waals surface area contributed by atoms with Gasteiger partial charge in [0.2, 0.25) is 5.76 Å². The highest BCUT2D eigenvalue weighted by atomic mass is 16.5. The maximum absolute atomic E-state index is 15.1. The van der Waals surface area contributed by atoms with Gasteiger partial charge in [-0.25, -0.2) is 0 Å². The topological polar surface area (TPSA) is 89.3 Å². The first kappa shape index (κ1) is 29.3. The standard InChI is InChI=1S/C38H34N2O6/c1-22-10-12-26(13-11-22)21-39-29-9-7-6-8-28(29)38(37(39)43)33-34(41)27-18-23(2)24(3)19-31(27)46-35(33)36(42)40(38)17-16-25-14-15-30(44-4)32(20-25)45-5/h6-15,18-20H,16-17,21H2,1-5H3. The Labute approximate surface area is 266 Å². The third kappa shape index (κ3) is 4.24. The number of rotatable bonds is 7. The summed E-state index contributed by atoms with van der Waals surface area (Å²) in [6, 6.07) is 24.6. The Bertz CT molecular complexity index is 2120. The molecule has 0 saturated heterocycles. The van der Waals surface area contributed by atoms with Crippen LogP contribution < -0.4 is 19.8 Å². The summed E-state index contributed by atoms with van der Waals surface area (Å²) < 4.78 is 17.2. The van der Waals surface area contributed by atoms with Crippen LogP contribution in [0.2, 0.25) is 0 Å². The van der Waals surface area contributed by atoms with E-state index in [0.29, 0.717) is 40.1 Å². The fourth-order valence-corrected chi connectivity index (χ4v) is 6.86. The summed E-state index contributed by atoms with van der Waals surface area (Å²) in [5.74, 6) is 0.211. The molecule has 8 heteroatoms. The lowest BCUT2D eigenvalue weighted by atomic mass is 9.83. The quantitative estimate of drug-likeness (QED) is 0.216. The number of aryl methyl sites for hydroxylation is 3. The van der Waals surface area contributed by atoms with Gasteiger partial charge < -0.3 is 23.7 Å². The van der Waals surface area contributed by atoms with Crippen molar-refractivity contribution in [1.82, 2.24) is 4.90 Å². The first-order valence-corrected chi connectivity index (χ1v) is 15.3. The van der Waals surface area contributed by atoms with Gasteiger partial charge in [0.25, 0.3) is 11.8 Å². The highest BCUT2D eigenvalue weighted by Gasteiger charge is 2.64. The molecule has 2 aliphatic heterocycles. The summed E-state index contributed by atoms with van der Waals surface area (Å²) in [5, 5.41) is 0.345. The van der Waals surface area contributed by atoms with E-state index in [-0.39, 0.29) is 35.7 Å². The monoisotopic (exact) mass is 614 g/mol. The number of benzene rings is 4. The fourth-order valence-electron chi connectivity index (χ4n) is 6.86. The predicted octanol–water partition coefficient (Wildman–Crippen LogP) is 6.22. The average Bonchev–Trinajstić information content (AvgIpc) is 3.45. The maximum atomic E-state index is 15.1. The number of methoxy groups -OCH3 is 2. The molecule has 1 unspecified atom stereocenters. The number of carbonyl (C=O) groups is 2. The third-order valence-electron chi connectivity index (χ3n) is 9.39. The van der Waals surface area contributed by atoms with E-state index in [1.54, 1.807) is 31.3 Å². The second-order valence-corrected chi connectivity index (χ2v) is 12.1. The van der Waals surface area contributed by atoms with Gasteiger partial charge in [-0.05, 0) is 79.8 Å². The lowest BCUT2D eigenvalue weighted by Crippen LogP contribution is -2.53. The van der Waals surface area contributed by atoms with Crippen LogP contribution in [-0.4, -0.2) is 37.5 Å². The van der Waals surface area contributed by atoms with Gasteiger partial charge in [0.05, 0.1) is 37.4 Å². The Hall–Kier alpha value is -5.37. The van der Waals surface area contributed by atoms with Gasteiger partial charge in [-0.3, -0.25) is 14.4 Å². The van der Waals surface area contributed by atoms with Crippen LogP contribution in [0.1, 0.15) is 49.5 Å².